The summed E-state index contributed by atoms with van der Waals surface area (Å²) in [7, 11) is 3.83. The van der Waals surface area contributed by atoms with Gasteiger partial charge in [0.25, 0.3) is 0 Å². The number of anilines is 1. The van der Waals surface area contributed by atoms with Crippen molar-refractivity contribution in [3.8, 4) is 5.75 Å². The van der Waals surface area contributed by atoms with E-state index in [1.165, 1.54) is 22.4 Å². The molecule has 0 spiro atoms. The van der Waals surface area contributed by atoms with Crippen LogP contribution in [0.1, 0.15) is 16.7 Å². The van der Waals surface area contributed by atoms with Crippen molar-refractivity contribution in [2.75, 3.05) is 31.4 Å². The summed E-state index contributed by atoms with van der Waals surface area (Å²) >= 11 is 4.27. The second kappa shape index (κ2) is 5.48. The number of aryl methyl sites for hydroxylation is 1. The first-order chi connectivity index (χ1) is 7.52. The standard InChI is InChI=1S/C13H21NOS/c1-9-8-12(14(4)6-7-16)10(2)11(3)13(9)15-5/h8,16H,6-7H2,1-5H3. The zero-order valence-corrected chi connectivity index (χ0v) is 11.7. The molecule has 0 aliphatic rings. The third kappa shape index (κ3) is 2.46. The van der Waals surface area contributed by atoms with Crippen molar-refractivity contribution < 1.29 is 4.74 Å². The van der Waals surface area contributed by atoms with E-state index in [1.807, 2.05) is 0 Å². The molecule has 0 aromatic heterocycles. The maximum absolute atomic E-state index is 5.42. The number of methoxy groups -OCH3 is 1. The van der Waals surface area contributed by atoms with E-state index >= 15 is 0 Å². The van der Waals surface area contributed by atoms with Crippen LogP contribution < -0.4 is 9.64 Å². The maximum atomic E-state index is 5.42. The van der Waals surface area contributed by atoms with Crippen molar-refractivity contribution in [1.29, 1.82) is 0 Å². The van der Waals surface area contributed by atoms with E-state index in [-0.39, 0.29) is 0 Å². The van der Waals surface area contributed by atoms with Gasteiger partial charge >= 0.3 is 0 Å². The van der Waals surface area contributed by atoms with E-state index in [1.54, 1.807) is 7.11 Å². The largest absolute Gasteiger partial charge is 0.496 e. The predicted molar refractivity (Wildman–Crippen MR) is 74.3 cm³/mol. The Kier molecular flexibility index (Phi) is 4.54. The van der Waals surface area contributed by atoms with Crippen molar-refractivity contribution >= 4 is 18.3 Å². The van der Waals surface area contributed by atoms with E-state index in [2.05, 4.69) is 51.4 Å². The van der Waals surface area contributed by atoms with Gasteiger partial charge in [-0.05, 0) is 43.5 Å². The number of nitrogens with zero attached hydrogens (tertiary/aromatic N) is 1. The molecule has 0 bridgehead atoms. The van der Waals surface area contributed by atoms with E-state index in [0.717, 1.165) is 18.0 Å². The van der Waals surface area contributed by atoms with Gasteiger partial charge in [-0.25, -0.2) is 0 Å². The lowest BCUT2D eigenvalue weighted by Gasteiger charge is -2.24. The number of ether oxygens (including phenoxy) is 1. The highest BCUT2D eigenvalue weighted by Gasteiger charge is 2.12. The Morgan fingerprint density at radius 3 is 2.38 bits per heavy atom. The fraction of sp³-hybridized carbons (Fsp3) is 0.538. The Balaban J connectivity index is 3.22. The summed E-state index contributed by atoms with van der Waals surface area (Å²) in [6.45, 7) is 7.29. The van der Waals surface area contributed by atoms with Crippen LogP contribution in [0, 0.1) is 20.8 Å². The minimum Gasteiger partial charge on any atom is -0.496 e. The molecule has 0 fully saturated rings. The van der Waals surface area contributed by atoms with Crippen LogP contribution in [0.3, 0.4) is 0 Å². The van der Waals surface area contributed by atoms with Crippen LogP contribution >= 0.6 is 12.6 Å². The molecule has 1 rings (SSSR count). The molecule has 3 heteroatoms. The molecule has 0 heterocycles. The molecule has 0 saturated carbocycles. The number of hydrogen-bond acceptors (Lipinski definition) is 3. The summed E-state index contributed by atoms with van der Waals surface area (Å²) < 4.78 is 5.42. The van der Waals surface area contributed by atoms with Crippen molar-refractivity contribution in [3.63, 3.8) is 0 Å². The molecule has 0 amide bonds. The summed E-state index contributed by atoms with van der Waals surface area (Å²) in [5.41, 5.74) is 4.96. The van der Waals surface area contributed by atoms with Gasteiger partial charge in [0.05, 0.1) is 7.11 Å². The summed E-state index contributed by atoms with van der Waals surface area (Å²) in [6, 6.07) is 2.19. The SMILES string of the molecule is COc1c(C)cc(N(C)CCS)c(C)c1C. The molecule has 0 unspecified atom stereocenters. The predicted octanol–water partition coefficient (Wildman–Crippen LogP) is 2.99. The maximum Gasteiger partial charge on any atom is 0.125 e. The Bertz CT molecular complexity index is 377. The van der Waals surface area contributed by atoms with Crippen molar-refractivity contribution in [2.24, 2.45) is 0 Å². The number of rotatable bonds is 4. The number of thiol groups is 1. The van der Waals surface area contributed by atoms with E-state index in [4.69, 9.17) is 4.74 Å². The van der Waals surface area contributed by atoms with Crippen LogP contribution in [0.15, 0.2) is 6.07 Å². The second-order valence-corrected chi connectivity index (χ2v) is 4.59. The first kappa shape index (κ1) is 13.2. The molecule has 0 saturated heterocycles. The highest BCUT2D eigenvalue weighted by atomic mass is 32.1. The normalized spacial score (nSPS) is 10.4. The fourth-order valence-electron chi connectivity index (χ4n) is 2.02. The number of benzene rings is 1. The van der Waals surface area contributed by atoms with Gasteiger partial charge in [-0.1, -0.05) is 0 Å². The van der Waals surface area contributed by atoms with Crippen LogP contribution in [-0.2, 0) is 0 Å². The summed E-state index contributed by atoms with van der Waals surface area (Å²) in [5, 5.41) is 0. The lowest BCUT2D eigenvalue weighted by molar-refractivity contribution is 0.408. The molecule has 2 nitrogen and oxygen atoms in total. The van der Waals surface area contributed by atoms with E-state index in [0.29, 0.717) is 0 Å². The zero-order chi connectivity index (χ0) is 12.3. The minimum atomic E-state index is 0.861. The molecule has 0 atom stereocenters. The molecule has 16 heavy (non-hydrogen) atoms. The topological polar surface area (TPSA) is 12.5 Å². The Labute approximate surface area is 104 Å². The summed E-state index contributed by atoms with van der Waals surface area (Å²) in [4.78, 5) is 2.24. The van der Waals surface area contributed by atoms with Gasteiger partial charge in [-0.3, -0.25) is 0 Å². The van der Waals surface area contributed by atoms with E-state index in [9.17, 15) is 0 Å². The van der Waals surface area contributed by atoms with Gasteiger partial charge in [-0.15, -0.1) is 0 Å². The zero-order valence-electron chi connectivity index (χ0n) is 10.8. The summed E-state index contributed by atoms with van der Waals surface area (Å²) in [6.07, 6.45) is 0. The van der Waals surface area contributed by atoms with Crippen molar-refractivity contribution in [1.82, 2.24) is 0 Å². The van der Waals surface area contributed by atoms with Gasteiger partial charge in [-0.2, -0.15) is 12.6 Å². The van der Waals surface area contributed by atoms with Crippen LogP contribution in [0.5, 0.6) is 5.75 Å². The molecule has 90 valence electrons. The third-order valence-electron chi connectivity index (χ3n) is 3.05. The Morgan fingerprint density at radius 1 is 1.25 bits per heavy atom. The molecule has 1 aromatic carbocycles. The molecule has 0 N–H and O–H groups in total. The lowest BCUT2D eigenvalue weighted by atomic mass is 10.0. The van der Waals surface area contributed by atoms with Crippen LogP contribution in [-0.4, -0.2) is 26.5 Å². The quantitative estimate of drug-likeness (QED) is 0.811. The summed E-state index contributed by atoms with van der Waals surface area (Å²) in [5.74, 6) is 1.86. The second-order valence-electron chi connectivity index (χ2n) is 4.14. The molecule has 0 aliphatic carbocycles. The molecular formula is C13H21NOS. The molecule has 1 aromatic rings. The van der Waals surface area contributed by atoms with Gasteiger partial charge in [0.15, 0.2) is 0 Å². The van der Waals surface area contributed by atoms with Crippen LogP contribution in [0.25, 0.3) is 0 Å². The average molecular weight is 239 g/mol. The van der Waals surface area contributed by atoms with Crippen LogP contribution in [0.4, 0.5) is 5.69 Å². The van der Waals surface area contributed by atoms with Gasteiger partial charge in [0, 0.05) is 25.0 Å². The monoisotopic (exact) mass is 239 g/mol. The molecular weight excluding hydrogens is 218 g/mol. The van der Waals surface area contributed by atoms with E-state index < -0.39 is 0 Å². The lowest BCUT2D eigenvalue weighted by Crippen LogP contribution is -2.21. The average Bonchev–Trinajstić information content (AvgIpc) is 2.24. The highest BCUT2D eigenvalue weighted by molar-refractivity contribution is 7.80. The number of hydrogen-bond donors (Lipinski definition) is 1. The first-order valence-electron chi connectivity index (χ1n) is 5.49. The van der Waals surface area contributed by atoms with Gasteiger partial charge in [0.1, 0.15) is 5.75 Å². The van der Waals surface area contributed by atoms with Crippen LogP contribution in [0.2, 0.25) is 0 Å². The van der Waals surface area contributed by atoms with Gasteiger partial charge < -0.3 is 9.64 Å². The highest BCUT2D eigenvalue weighted by Crippen LogP contribution is 2.32. The smallest absolute Gasteiger partial charge is 0.125 e. The molecule has 0 radical (unpaired) electrons. The van der Waals surface area contributed by atoms with Crippen molar-refractivity contribution in [2.45, 2.75) is 20.8 Å². The first-order valence-corrected chi connectivity index (χ1v) is 6.13. The molecule has 0 aliphatic heterocycles. The minimum absolute atomic E-state index is 0.861. The van der Waals surface area contributed by atoms with Crippen molar-refractivity contribution in [3.05, 3.63) is 22.8 Å². The van der Waals surface area contributed by atoms with Gasteiger partial charge in [0.2, 0.25) is 0 Å². The Morgan fingerprint density at radius 2 is 1.88 bits per heavy atom. The third-order valence-corrected chi connectivity index (χ3v) is 3.25. The fourth-order valence-corrected chi connectivity index (χ4v) is 2.32. The Hall–Kier alpha value is -0.830.